The van der Waals surface area contributed by atoms with Crippen LogP contribution in [0, 0.1) is 11.7 Å². The monoisotopic (exact) mass is 499 g/mol. The Hall–Kier alpha value is -3.37. The van der Waals surface area contributed by atoms with Gasteiger partial charge in [-0.05, 0) is 37.0 Å². The summed E-state index contributed by atoms with van der Waals surface area (Å²) in [5, 5.41) is 17.2. The predicted molar refractivity (Wildman–Crippen MR) is 124 cm³/mol. The molecule has 2 fully saturated rings. The summed E-state index contributed by atoms with van der Waals surface area (Å²) < 4.78 is 15.9. The smallest absolute Gasteiger partial charge is 0.245 e. The molecule has 2 N–H and O–H groups in total. The van der Waals surface area contributed by atoms with E-state index in [9.17, 15) is 23.9 Å². The average Bonchev–Trinajstić information content (AvgIpc) is 3.34. The highest BCUT2D eigenvalue weighted by Gasteiger charge is 2.56. The molecule has 35 heavy (non-hydrogen) atoms. The molecule has 11 heteroatoms. The van der Waals surface area contributed by atoms with Crippen LogP contribution in [-0.2, 0) is 16.1 Å². The van der Waals surface area contributed by atoms with Gasteiger partial charge < -0.3 is 15.3 Å². The van der Waals surface area contributed by atoms with Gasteiger partial charge in [-0.15, -0.1) is 0 Å². The van der Waals surface area contributed by atoms with Gasteiger partial charge in [-0.2, -0.15) is 5.10 Å². The van der Waals surface area contributed by atoms with Crippen molar-refractivity contribution < 1.29 is 23.9 Å². The van der Waals surface area contributed by atoms with Crippen molar-refractivity contribution in [2.75, 3.05) is 6.61 Å². The fraction of sp³-hybridized carbons (Fsp3) is 0.375. The summed E-state index contributed by atoms with van der Waals surface area (Å²) in [5.74, 6) is -1.54. The minimum atomic E-state index is -1.01. The summed E-state index contributed by atoms with van der Waals surface area (Å²) in [6.45, 7) is 0.687. The number of likely N-dealkylation sites (tertiary alicyclic amines) is 1. The van der Waals surface area contributed by atoms with E-state index in [-0.39, 0.29) is 46.5 Å². The molecule has 2 aliphatic rings. The van der Waals surface area contributed by atoms with Gasteiger partial charge in [0.2, 0.25) is 11.8 Å². The molecule has 0 spiro atoms. The number of nitrogens with one attached hydrogen (secondary N) is 1. The van der Waals surface area contributed by atoms with Gasteiger partial charge in [0.25, 0.3) is 0 Å². The standard InChI is InChI=1S/C24H23ClFN5O4/c1-12(33)22-15-5-3-7-27-23(15)30(29-22)10-20(34)31-18-8-13(18)9-19(31)24(35)28-17(11-32)14-4-2-6-16(25)21(14)26/h2-7,13,17-19,32H,8-11H2,1H3,(H,28,35)/t13-,17-,18-,19+/m1/s1. The Labute approximate surface area is 204 Å². The molecule has 3 heterocycles. The molecule has 4 atom stereocenters. The number of fused-ring (bicyclic) bond motifs is 2. The summed E-state index contributed by atoms with van der Waals surface area (Å²) in [5.41, 5.74) is 0.714. The molecule has 9 nitrogen and oxygen atoms in total. The largest absolute Gasteiger partial charge is 0.394 e. The van der Waals surface area contributed by atoms with Crippen molar-refractivity contribution in [1.82, 2.24) is 25.0 Å². The minimum absolute atomic E-state index is 0.0594. The molecule has 0 unspecified atom stereocenters. The lowest BCUT2D eigenvalue weighted by Gasteiger charge is -2.28. The summed E-state index contributed by atoms with van der Waals surface area (Å²) >= 11 is 5.85. The number of carbonyl (C=O) groups excluding carboxylic acids is 3. The van der Waals surface area contributed by atoms with Crippen molar-refractivity contribution in [2.45, 2.75) is 44.4 Å². The molecule has 3 aromatic rings. The topological polar surface area (TPSA) is 117 Å². The van der Waals surface area contributed by atoms with Crippen LogP contribution in [0.25, 0.3) is 11.0 Å². The second kappa shape index (κ2) is 9.01. The number of halogens is 2. The molecule has 1 aromatic carbocycles. The number of ketones is 1. The molecule has 0 radical (unpaired) electrons. The van der Waals surface area contributed by atoms with Gasteiger partial charge in [0, 0.05) is 24.7 Å². The Balaban J connectivity index is 1.36. The van der Waals surface area contributed by atoms with Crippen LogP contribution in [-0.4, -0.2) is 61.1 Å². The fourth-order valence-electron chi connectivity index (χ4n) is 4.92. The number of aliphatic hydroxyl groups excluding tert-OH is 1. The van der Waals surface area contributed by atoms with E-state index in [0.717, 1.165) is 6.42 Å². The number of rotatable bonds is 7. The maximum absolute atomic E-state index is 14.5. The highest BCUT2D eigenvalue weighted by atomic mass is 35.5. The normalized spacial score (nSPS) is 21.6. The van der Waals surface area contributed by atoms with Crippen LogP contribution < -0.4 is 5.32 Å². The van der Waals surface area contributed by atoms with Crippen molar-refractivity contribution in [2.24, 2.45) is 5.92 Å². The third-order valence-corrected chi connectivity index (χ3v) is 6.97. The molecule has 5 rings (SSSR count). The number of carbonyl (C=O) groups is 3. The van der Waals surface area contributed by atoms with E-state index in [1.165, 1.54) is 29.8 Å². The van der Waals surface area contributed by atoms with Gasteiger partial charge in [-0.25, -0.2) is 14.1 Å². The number of aromatic nitrogens is 3. The van der Waals surface area contributed by atoms with Crippen LogP contribution in [0.1, 0.15) is 41.9 Å². The van der Waals surface area contributed by atoms with E-state index in [1.807, 2.05) is 0 Å². The van der Waals surface area contributed by atoms with Crippen LogP contribution in [0.4, 0.5) is 4.39 Å². The highest BCUT2D eigenvalue weighted by Crippen LogP contribution is 2.48. The van der Waals surface area contributed by atoms with Crippen molar-refractivity contribution in [1.29, 1.82) is 0 Å². The van der Waals surface area contributed by atoms with E-state index in [1.54, 1.807) is 23.2 Å². The Morgan fingerprint density at radius 1 is 1.26 bits per heavy atom. The van der Waals surface area contributed by atoms with Gasteiger partial charge >= 0.3 is 0 Å². The average molecular weight is 500 g/mol. The fourth-order valence-corrected chi connectivity index (χ4v) is 5.10. The van der Waals surface area contributed by atoms with Gasteiger partial charge in [0.1, 0.15) is 24.1 Å². The lowest BCUT2D eigenvalue weighted by atomic mass is 10.1. The number of amides is 2. The van der Waals surface area contributed by atoms with Crippen LogP contribution in [0.5, 0.6) is 0 Å². The molecule has 2 amide bonds. The Morgan fingerprint density at radius 2 is 2.06 bits per heavy atom. The Kier molecular flexibility index (Phi) is 6.02. The first kappa shape index (κ1) is 23.4. The second-order valence-corrected chi connectivity index (χ2v) is 9.35. The number of Topliss-reactive ketones (excluding diaryl/α,β-unsaturated/α-hetero) is 1. The van der Waals surface area contributed by atoms with E-state index < -0.39 is 30.4 Å². The molecule has 2 aromatic heterocycles. The van der Waals surface area contributed by atoms with Crippen molar-refractivity contribution in [3.63, 3.8) is 0 Å². The first-order chi connectivity index (χ1) is 16.8. The lowest BCUT2D eigenvalue weighted by molar-refractivity contribution is -0.140. The number of hydrogen-bond donors (Lipinski definition) is 2. The quantitative estimate of drug-likeness (QED) is 0.481. The zero-order valence-electron chi connectivity index (χ0n) is 18.8. The van der Waals surface area contributed by atoms with Crippen molar-refractivity contribution in [3.8, 4) is 0 Å². The predicted octanol–water partition coefficient (Wildman–Crippen LogP) is 2.27. The third kappa shape index (κ3) is 4.17. The maximum atomic E-state index is 14.5. The van der Waals surface area contributed by atoms with E-state index >= 15 is 0 Å². The molecule has 0 bridgehead atoms. The summed E-state index contributed by atoms with van der Waals surface area (Å²) in [6.07, 6.45) is 2.84. The number of nitrogens with zero attached hydrogens (tertiary/aromatic N) is 4. The lowest BCUT2D eigenvalue weighted by Crippen LogP contribution is -2.50. The Morgan fingerprint density at radius 3 is 2.80 bits per heavy atom. The van der Waals surface area contributed by atoms with Crippen molar-refractivity contribution >= 4 is 40.2 Å². The summed E-state index contributed by atoms with van der Waals surface area (Å²) in [4.78, 5) is 44.4. The number of hydrogen-bond acceptors (Lipinski definition) is 6. The van der Waals surface area contributed by atoms with E-state index in [0.29, 0.717) is 17.5 Å². The van der Waals surface area contributed by atoms with Crippen LogP contribution in [0.3, 0.4) is 0 Å². The van der Waals surface area contributed by atoms with Crippen LogP contribution in [0.15, 0.2) is 36.5 Å². The number of pyridine rings is 1. The molecule has 1 aliphatic heterocycles. The first-order valence-electron chi connectivity index (χ1n) is 11.3. The maximum Gasteiger partial charge on any atom is 0.245 e. The molecule has 1 saturated carbocycles. The van der Waals surface area contributed by atoms with Gasteiger partial charge in [0.15, 0.2) is 11.4 Å². The molecular weight excluding hydrogens is 477 g/mol. The number of benzene rings is 1. The molecule has 182 valence electrons. The zero-order chi connectivity index (χ0) is 24.9. The first-order valence-corrected chi connectivity index (χ1v) is 11.7. The van der Waals surface area contributed by atoms with Crippen LogP contribution >= 0.6 is 11.6 Å². The highest BCUT2D eigenvalue weighted by molar-refractivity contribution is 6.30. The van der Waals surface area contributed by atoms with Gasteiger partial charge in [-0.1, -0.05) is 23.7 Å². The van der Waals surface area contributed by atoms with Crippen LogP contribution in [0.2, 0.25) is 5.02 Å². The minimum Gasteiger partial charge on any atom is -0.394 e. The SMILES string of the molecule is CC(=O)c1nn(CC(=O)N2[C@@H]3C[C@@H]3C[C@H]2C(=O)N[C@H](CO)c2cccc(Cl)c2F)c2ncccc12. The number of aliphatic hydroxyl groups is 1. The summed E-state index contributed by atoms with van der Waals surface area (Å²) in [6, 6.07) is 5.95. The zero-order valence-corrected chi connectivity index (χ0v) is 19.6. The molecular formula is C24H23ClFN5O4. The second-order valence-electron chi connectivity index (χ2n) is 8.94. The molecule has 1 aliphatic carbocycles. The Bertz CT molecular complexity index is 1340. The van der Waals surface area contributed by atoms with Gasteiger partial charge in [0.05, 0.1) is 23.1 Å². The third-order valence-electron chi connectivity index (χ3n) is 6.68. The van der Waals surface area contributed by atoms with E-state index in [2.05, 4.69) is 15.4 Å². The summed E-state index contributed by atoms with van der Waals surface area (Å²) in [7, 11) is 0. The van der Waals surface area contributed by atoms with Gasteiger partial charge in [-0.3, -0.25) is 14.4 Å². The van der Waals surface area contributed by atoms with Crippen molar-refractivity contribution in [3.05, 3.63) is 58.6 Å². The molecule has 1 saturated heterocycles. The number of piperidine rings is 1. The van der Waals surface area contributed by atoms with E-state index in [4.69, 9.17) is 11.6 Å².